The van der Waals surface area contributed by atoms with E-state index in [2.05, 4.69) is 26.1 Å². The molecule has 1 heterocycles. The van der Waals surface area contributed by atoms with Crippen molar-refractivity contribution in [1.29, 1.82) is 0 Å². The lowest BCUT2D eigenvalue weighted by atomic mass is 10.0. The molecule has 1 amide bonds. The third-order valence-electron chi connectivity index (χ3n) is 4.08. The van der Waals surface area contributed by atoms with Gasteiger partial charge in [-0.2, -0.15) is 0 Å². The Balaban J connectivity index is 1.99. The Morgan fingerprint density at radius 2 is 2.27 bits per heavy atom. The van der Waals surface area contributed by atoms with Crippen LogP contribution in [0.3, 0.4) is 0 Å². The first-order valence-corrected chi connectivity index (χ1v) is 8.55. The van der Waals surface area contributed by atoms with E-state index in [9.17, 15) is 9.18 Å². The van der Waals surface area contributed by atoms with Crippen LogP contribution in [0, 0.1) is 5.82 Å². The highest BCUT2D eigenvalue weighted by atomic mass is 79.9. The average molecular weight is 372 g/mol. The van der Waals surface area contributed by atoms with Gasteiger partial charge < -0.3 is 11.1 Å². The molecule has 1 unspecified atom stereocenters. The lowest BCUT2D eigenvalue weighted by molar-refractivity contribution is -0.121. The first kappa shape index (κ1) is 17.4. The van der Waals surface area contributed by atoms with Crippen molar-refractivity contribution in [3.05, 3.63) is 34.1 Å². The van der Waals surface area contributed by atoms with Crippen molar-refractivity contribution < 1.29 is 9.18 Å². The number of nitrogens with zero attached hydrogens (tertiary/aromatic N) is 1. The van der Waals surface area contributed by atoms with Gasteiger partial charge in [-0.15, -0.1) is 0 Å². The van der Waals surface area contributed by atoms with Crippen LogP contribution in [0.15, 0.2) is 22.7 Å². The maximum absolute atomic E-state index is 14.0. The number of rotatable bonds is 6. The molecule has 3 N–H and O–H groups in total. The van der Waals surface area contributed by atoms with Crippen LogP contribution in [0.2, 0.25) is 0 Å². The Kier molecular flexibility index (Phi) is 6.79. The van der Waals surface area contributed by atoms with Gasteiger partial charge >= 0.3 is 0 Å². The highest BCUT2D eigenvalue weighted by Gasteiger charge is 2.24. The molecule has 0 spiro atoms. The number of piperidine rings is 1. The van der Waals surface area contributed by atoms with Crippen LogP contribution >= 0.6 is 15.9 Å². The number of nitrogens with one attached hydrogen (secondary N) is 1. The number of benzene rings is 1. The third kappa shape index (κ3) is 4.76. The number of carbonyl (C=O) groups excluding carboxylic acids is 1. The summed E-state index contributed by atoms with van der Waals surface area (Å²) in [7, 11) is 0. The number of carbonyl (C=O) groups is 1. The van der Waals surface area contributed by atoms with Crippen LogP contribution in [0.5, 0.6) is 0 Å². The summed E-state index contributed by atoms with van der Waals surface area (Å²) in [6.45, 7) is 2.45. The van der Waals surface area contributed by atoms with Crippen LogP contribution in [-0.4, -0.2) is 36.5 Å². The molecule has 2 rings (SSSR count). The number of nitrogens with two attached hydrogens (primary N) is 1. The molecule has 0 saturated carbocycles. The minimum Gasteiger partial charge on any atom is -0.354 e. The van der Waals surface area contributed by atoms with E-state index in [4.69, 9.17) is 5.73 Å². The van der Waals surface area contributed by atoms with Gasteiger partial charge in [-0.25, -0.2) is 4.39 Å². The van der Waals surface area contributed by atoms with E-state index in [1.165, 1.54) is 6.07 Å². The molecule has 1 fully saturated rings. The first-order chi connectivity index (χ1) is 10.6. The molecule has 122 valence electrons. The van der Waals surface area contributed by atoms with E-state index < -0.39 is 0 Å². The van der Waals surface area contributed by atoms with Crippen molar-refractivity contribution in [2.75, 3.05) is 19.6 Å². The Morgan fingerprint density at radius 1 is 1.45 bits per heavy atom. The van der Waals surface area contributed by atoms with Gasteiger partial charge in [0.1, 0.15) is 5.82 Å². The van der Waals surface area contributed by atoms with E-state index in [-0.39, 0.29) is 17.8 Å². The summed E-state index contributed by atoms with van der Waals surface area (Å²) in [6, 6.07) is 5.30. The normalized spacial score (nSPS) is 19.1. The SMILES string of the molecule is NCCC(=O)NCC1CCCCN1Cc1c(F)cccc1Br. The zero-order valence-electron chi connectivity index (χ0n) is 12.7. The molecule has 1 atom stereocenters. The van der Waals surface area contributed by atoms with Crippen LogP contribution in [0.4, 0.5) is 4.39 Å². The van der Waals surface area contributed by atoms with Gasteiger partial charge in [-0.05, 0) is 31.5 Å². The van der Waals surface area contributed by atoms with Crippen molar-refractivity contribution in [2.24, 2.45) is 5.73 Å². The summed E-state index contributed by atoms with van der Waals surface area (Å²) in [5, 5.41) is 2.93. The molecule has 1 aliphatic heterocycles. The third-order valence-corrected chi connectivity index (χ3v) is 4.82. The van der Waals surface area contributed by atoms with Gasteiger partial charge in [0.2, 0.25) is 5.91 Å². The minimum absolute atomic E-state index is 0.0138. The number of hydrogen-bond acceptors (Lipinski definition) is 3. The molecule has 1 aromatic carbocycles. The standard InChI is InChI=1S/C16H23BrFN3O/c17-14-5-3-6-15(18)13(14)11-21-9-2-1-4-12(21)10-20-16(22)7-8-19/h3,5-6,12H,1-2,4,7-11,19H2,(H,20,22). The van der Waals surface area contributed by atoms with E-state index >= 15 is 0 Å². The lowest BCUT2D eigenvalue weighted by Gasteiger charge is -2.36. The molecule has 0 aliphatic carbocycles. The average Bonchev–Trinajstić information content (AvgIpc) is 2.50. The van der Waals surface area contributed by atoms with E-state index in [0.717, 1.165) is 30.3 Å². The Labute approximate surface area is 139 Å². The van der Waals surface area contributed by atoms with Crippen LogP contribution < -0.4 is 11.1 Å². The molecule has 0 bridgehead atoms. The second kappa shape index (κ2) is 8.60. The summed E-state index contributed by atoms with van der Waals surface area (Å²) in [4.78, 5) is 13.8. The summed E-state index contributed by atoms with van der Waals surface area (Å²) in [6.07, 6.45) is 3.63. The van der Waals surface area contributed by atoms with Crippen molar-refractivity contribution >= 4 is 21.8 Å². The molecule has 1 saturated heterocycles. The maximum Gasteiger partial charge on any atom is 0.221 e. The molecule has 0 aromatic heterocycles. The van der Waals surface area contributed by atoms with Gasteiger partial charge in [-0.3, -0.25) is 9.69 Å². The first-order valence-electron chi connectivity index (χ1n) is 7.75. The van der Waals surface area contributed by atoms with E-state index in [1.807, 2.05) is 6.07 Å². The molecule has 1 aromatic rings. The van der Waals surface area contributed by atoms with Crippen LogP contribution in [-0.2, 0) is 11.3 Å². The number of amides is 1. The van der Waals surface area contributed by atoms with Gasteiger partial charge in [0.25, 0.3) is 0 Å². The lowest BCUT2D eigenvalue weighted by Crippen LogP contribution is -2.46. The Hall–Kier alpha value is -0.980. The number of hydrogen-bond donors (Lipinski definition) is 2. The monoisotopic (exact) mass is 371 g/mol. The van der Waals surface area contributed by atoms with Crippen molar-refractivity contribution in [1.82, 2.24) is 10.2 Å². The molecule has 4 nitrogen and oxygen atoms in total. The second-order valence-corrected chi connectivity index (χ2v) is 6.52. The smallest absolute Gasteiger partial charge is 0.221 e. The molecule has 22 heavy (non-hydrogen) atoms. The van der Waals surface area contributed by atoms with E-state index in [0.29, 0.717) is 31.6 Å². The highest BCUT2D eigenvalue weighted by molar-refractivity contribution is 9.10. The van der Waals surface area contributed by atoms with E-state index in [1.54, 1.807) is 6.07 Å². The largest absolute Gasteiger partial charge is 0.354 e. The summed E-state index contributed by atoms with van der Waals surface area (Å²) >= 11 is 3.43. The fourth-order valence-electron chi connectivity index (χ4n) is 2.84. The Bertz CT molecular complexity index is 492. The molecular weight excluding hydrogens is 349 g/mol. The summed E-state index contributed by atoms with van der Waals surface area (Å²) < 4.78 is 14.8. The molecule has 0 radical (unpaired) electrons. The zero-order valence-corrected chi connectivity index (χ0v) is 14.2. The Morgan fingerprint density at radius 3 is 3.00 bits per heavy atom. The maximum atomic E-state index is 14.0. The quantitative estimate of drug-likeness (QED) is 0.806. The molecule has 6 heteroatoms. The second-order valence-electron chi connectivity index (χ2n) is 5.66. The minimum atomic E-state index is -0.189. The van der Waals surface area contributed by atoms with Crippen molar-refractivity contribution in [3.8, 4) is 0 Å². The van der Waals surface area contributed by atoms with Crippen molar-refractivity contribution in [2.45, 2.75) is 38.3 Å². The number of likely N-dealkylation sites (tertiary alicyclic amines) is 1. The molecular formula is C16H23BrFN3O. The highest BCUT2D eigenvalue weighted by Crippen LogP contribution is 2.25. The van der Waals surface area contributed by atoms with Gasteiger partial charge in [0, 0.05) is 42.1 Å². The van der Waals surface area contributed by atoms with Gasteiger partial charge in [-0.1, -0.05) is 28.4 Å². The predicted octanol–water partition coefficient (Wildman–Crippen LogP) is 2.41. The van der Waals surface area contributed by atoms with Gasteiger partial charge in [0.05, 0.1) is 0 Å². The predicted molar refractivity (Wildman–Crippen MR) is 88.8 cm³/mol. The zero-order chi connectivity index (χ0) is 15.9. The summed E-state index contributed by atoms with van der Waals surface area (Å²) in [5.41, 5.74) is 6.07. The topological polar surface area (TPSA) is 58.4 Å². The summed E-state index contributed by atoms with van der Waals surface area (Å²) in [5.74, 6) is -0.203. The van der Waals surface area contributed by atoms with Crippen LogP contribution in [0.25, 0.3) is 0 Å². The molecule has 1 aliphatic rings. The fraction of sp³-hybridized carbons (Fsp3) is 0.562. The fourth-order valence-corrected chi connectivity index (χ4v) is 3.30. The number of halogens is 2. The van der Waals surface area contributed by atoms with Crippen molar-refractivity contribution in [3.63, 3.8) is 0 Å². The van der Waals surface area contributed by atoms with Gasteiger partial charge in [0.15, 0.2) is 0 Å². The van der Waals surface area contributed by atoms with Crippen LogP contribution in [0.1, 0.15) is 31.2 Å².